The molecule has 238 valence electrons. The summed E-state index contributed by atoms with van der Waals surface area (Å²) >= 11 is 0. The van der Waals surface area contributed by atoms with E-state index in [9.17, 15) is 0 Å². The predicted octanol–water partition coefficient (Wildman–Crippen LogP) is 13.1. The van der Waals surface area contributed by atoms with Gasteiger partial charge in [0, 0.05) is 43.7 Å². The average molecular weight is 651 g/mol. The van der Waals surface area contributed by atoms with E-state index < -0.39 is 0 Å². The molecular formula is C48H30N2O. The minimum atomic E-state index is 0.905. The lowest BCUT2D eigenvalue weighted by Gasteiger charge is -2.12. The van der Waals surface area contributed by atoms with Crippen molar-refractivity contribution in [1.29, 1.82) is 0 Å². The molecule has 3 heterocycles. The largest absolute Gasteiger partial charge is 0.456 e. The highest BCUT2D eigenvalue weighted by atomic mass is 16.3. The summed E-state index contributed by atoms with van der Waals surface area (Å²) in [6.07, 6.45) is 0. The Labute approximate surface area is 293 Å². The van der Waals surface area contributed by atoms with Gasteiger partial charge in [-0.05, 0) is 82.9 Å². The number of fused-ring (bicyclic) bond motifs is 9. The maximum Gasteiger partial charge on any atom is 0.136 e. The second-order valence-corrected chi connectivity index (χ2v) is 13.3. The highest BCUT2D eigenvalue weighted by Gasteiger charge is 2.19. The molecule has 0 atom stereocenters. The van der Waals surface area contributed by atoms with Crippen LogP contribution in [-0.2, 0) is 0 Å². The molecule has 51 heavy (non-hydrogen) atoms. The van der Waals surface area contributed by atoms with Crippen LogP contribution in [-0.4, -0.2) is 9.13 Å². The molecule has 0 spiro atoms. The van der Waals surface area contributed by atoms with Gasteiger partial charge in [-0.15, -0.1) is 0 Å². The van der Waals surface area contributed by atoms with E-state index in [4.69, 9.17) is 4.42 Å². The van der Waals surface area contributed by atoms with E-state index in [1.807, 2.05) is 12.1 Å². The van der Waals surface area contributed by atoms with Crippen molar-refractivity contribution < 1.29 is 4.42 Å². The van der Waals surface area contributed by atoms with Gasteiger partial charge in [-0.2, -0.15) is 0 Å². The third-order valence-corrected chi connectivity index (χ3v) is 10.5. The van der Waals surface area contributed by atoms with Crippen LogP contribution < -0.4 is 0 Å². The van der Waals surface area contributed by atoms with E-state index in [1.165, 1.54) is 60.3 Å². The molecule has 8 aromatic carbocycles. The van der Waals surface area contributed by atoms with Gasteiger partial charge in [-0.3, -0.25) is 0 Å². The summed E-state index contributed by atoms with van der Waals surface area (Å²) < 4.78 is 11.1. The van der Waals surface area contributed by atoms with Gasteiger partial charge in [0.2, 0.25) is 0 Å². The topological polar surface area (TPSA) is 23.0 Å². The lowest BCUT2D eigenvalue weighted by Crippen LogP contribution is -1.96. The van der Waals surface area contributed by atoms with Crippen LogP contribution in [0.15, 0.2) is 186 Å². The summed E-state index contributed by atoms with van der Waals surface area (Å²) in [5, 5.41) is 7.27. The van der Waals surface area contributed by atoms with E-state index in [2.05, 4.69) is 179 Å². The van der Waals surface area contributed by atoms with Gasteiger partial charge in [0.1, 0.15) is 11.2 Å². The van der Waals surface area contributed by atoms with Crippen LogP contribution in [0.5, 0.6) is 0 Å². The summed E-state index contributed by atoms with van der Waals surface area (Å²) in [6, 6.07) is 65.5. The van der Waals surface area contributed by atoms with Gasteiger partial charge in [-0.25, -0.2) is 0 Å². The molecule has 0 radical (unpaired) electrons. The normalized spacial score (nSPS) is 11.9. The molecule has 0 aliphatic heterocycles. The van der Waals surface area contributed by atoms with Gasteiger partial charge < -0.3 is 13.6 Å². The Morgan fingerprint density at radius 1 is 0.314 bits per heavy atom. The fourth-order valence-electron chi connectivity index (χ4n) is 8.27. The molecule has 3 nitrogen and oxygen atoms in total. The summed E-state index contributed by atoms with van der Waals surface area (Å²) in [4.78, 5) is 0. The van der Waals surface area contributed by atoms with Crippen molar-refractivity contribution in [2.45, 2.75) is 0 Å². The molecule has 0 fully saturated rings. The Balaban J connectivity index is 1.18. The fourth-order valence-corrected chi connectivity index (χ4v) is 8.27. The van der Waals surface area contributed by atoms with E-state index in [0.29, 0.717) is 0 Å². The number of furan rings is 1. The van der Waals surface area contributed by atoms with Crippen LogP contribution in [0.3, 0.4) is 0 Å². The number of nitrogens with zero attached hydrogens (tertiary/aromatic N) is 2. The van der Waals surface area contributed by atoms with Crippen molar-refractivity contribution in [1.82, 2.24) is 9.13 Å². The molecule has 0 aliphatic carbocycles. The fraction of sp³-hybridized carbons (Fsp3) is 0. The quantitative estimate of drug-likeness (QED) is 0.186. The smallest absolute Gasteiger partial charge is 0.136 e. The molecule has 0 saturated heterocycles. The van der Waals surface area contributed by atoms with E-state index >= 15 is 0 Å². The zero-order valence-corrected chi connectivity index (χ0v) is 27.6. The number of rotatable bonds is 4. The third kappa shape index (κ3) is 4.19. The minimum absolute atomic E-state index is 0.905. The van der Waals surface area contributed by atoms with Gasteiger partial charge in [0.05, 0.1) is 22.1 Å². The van der Waals surface area contributed by atoms with Crippen LogP contribution in [0.1, 0.15) is 0 Å². The summed E-state index contributed by atoms with van der Waals surface area (Å²) in [5.74, 6) is 0. The van der Waals surface area contributed by atoms with Crippen LogP contribution in [0, 0.1) is 0 Å². The van der Waals surface area contributed by atoms with Crippen LogP contribution in [0.25, 0.3) is 99.2 Å². The number of hydrogen-bond acceptors (Lipinski definition) is 1. The van der Waals surface area contributed by atoms with Crippen molar-refractivity contribution >= 4 is 65.6 Å². The maximum atomic E-state index is 6.27. The molecule has 0 unspecified atom stereocenters. The first-order chi connectivity index (χ1) is 25.3. The molecule has 3 heteroatoms. The first-order valence-corrected chi connectivity index (χ1v) is 17.4. The molecule has 0 aliphatic rings. The molecule has 11 rings (SSSR count). The second kappa shape index (κ2) is 10.8. The first kappa shape index (κ1) is 28.0. The lowest BCUT2D eigenvalue weighted by atomic mass is 9.99. The predicted molar refractivity (Wildman–Crippen MR) is 213 cm³/mol. The summed E-state index contributed by atoms with van der Waals surface area (Å²) in [7, 11) is 0. The number of benzene rings is 8. The average Bonchev–Trinajstić information content (AvgIpc) is 3.85. The first-order valence-electron chi connectivity index (χ1n) is 17.4. The van der Waals surface area contributed by atoms with Crippen molar-refractivity contribution in [3.05, 3.63) is 182 Å². The van der Waals surface area contributed by atoms with E-state index in [0.717, 1.165) is 38.9 Å². The van der Waals surface area contributed by atoms with Gasteiger partial charge in [-0.1, -0.05) is 121 Å². The number of hydrogen-bond donors (Lipinski definition) is 0. The zero-order valence-electron chi connectivity index (χ0n) is 27.6. The highest BCUT2D eigenvalue weighted by Crippen LogP contribution is 2.41. The number of aromatic nitrogens is 2. The highest BCUT2D eigenvalue weighted by molar-refractivity contribution is 6.19. The maximum absolute atomic E-state index is 6.27. The zero-order chi connectivity index (χ0) is 33.5. The number of para-hydroxylation sites is 3. The van der Waals surface area contributed by atoms with Crippen LogP contribution in [0.4, 0.5) is 0 Å². The van der Waals surface area contributed by atoms with Crippen molar-refractivity contribution in [2.75, 3.05) is 0 Å². The van der Waals surface area contributed by atoms with E-state index in [-0.39, 0.29) is 0 Å². The third-order valence-electron chi connectivity index (χ3n) is 10.5. The SMILES string of the molecule is c1ccc(-c2cccc(-n3c4ccccc4c4cc5c6ccccc6n(-c6cccc(-c7cccc8oc9ccccc9c78)c6)c5cc43)c2)cc1. The molecule has 0 bridgehead atoms. The van der Waals surface area contributed by atoms with Gasteiger partial charge in [0.15, 0.2) is 0 Å². The standard InChI is InChI=1S/C48H30N2O/c1-2-13-31(14-3-1)32-15-10-17-34(27-32)49-42-23-7-4-19-37(42)40-29-41-38-20-5-8-24-43(38)50(45(41)30-44(40)49)35-18-11-16-33(28-35)36-22-12-26-47-48(36)39-21-6-9-25-46(39)51-47/h1-30H. The molecule has 11 aromatic rings. The van der Waals surface area contributed by atoms with Gasteiger partial charge in [0.25, 0.3) is 0 Å². The molecule has 0 N–H and O–H groups in total. The molecule has 0 saturated carbocycles. The Morgan fingerprint density at radius 3 is 1.55 bits per heavy atom. The second-order valence-electron chi connectivity index (χ2n) is 13.3. The van der Waals surface area contributed by atoms with Gasteiger partial charge >= 0.3 is 0 Å². The van der Waals surface area contributed by atoms with Crippen molar-refractivity contribution in [2.24, 2.45) is 0 Å². The lowest BCUT2D eigenvalue weighted by molar-refractivity contribution is 0.669. The Bertz CT molecular complexity index is 3140. The Morgan fingerprint density at radius 2 is 0.843 bits per heavy atom. The Kier molecular flexibility index (Phi) is 5.96. The Hall–Kier alpha value is -6.84. The monoisotopic (exact) mass is 650 g/mol. The molecule has 3 aromatic heterocycles. The van der Waals surface area contributed by atoms with Crippen LogP contribution >= 0.6 is 0 Å². The van der Waals surface area contributed by atoms with E-state index in [1.54, 1.807) is 0 Å². The summed E-state index contributed by atoms with van der Waals surface area (Å²) in [5.41, 5.74) is 13.6. The van der Waals surface area contributed by atoms with Crippen LogP contribution in [0.2, 0.25) is 0 Å². The summed E-state index contributed by atoms with van der Waals surface area (Å²) in [6.45, 7) is 0. The molecular weight excluding hydrogens is 621 g/mol. The molecule has 0 amide bonds. The van der Waals surface area contributed by atoms with Crippen molar-refractivity contribution in [3.63, 3.8) is 0 Å². The minimum Gasteiger partial charge on any atom is -0.456 e. The van der Waals surface area contributed by atoms with Crippen molar-refractivity contribution in [3.8, 4) is 33.6 Å².